The van der Waals surface area contributed by atoms with Gasteiger partial charge in [0.15, 0.2) is 0 Å². The smallest absolute Gasteiger partial charge is 0.0982 e. The summed E-state index contributed by atoms with van der Waals surface area (Å²) in [7, 11) is 3.78. The minimum absolute atomic E-state index is 0. The normalized spacial score (nSPS) is 13.1. The van der Waals surface area contributed by atoms with Gasteiger partial charge in [0.1, 0.15) is 0 Å². The molecule has 0 aliphatic heterocycles. The van der Waals surface area contributed by atoms with Gasteiger partial charge in [0.05, 0.1) is 11.4 Å². The van der Waals surface area contributed by atoms with Crippen molar-refractivity contribution in [2.45, 2.75) is 5.50 Å². The Bertz CT molecular complexity index is 51.3. The predicted molar refractivity (Wildman–Crippen MR) is 37.7 cm³/mol. The minimum Gasteiger partial charge on any atom is -0.412 e. The van der Waals surface area contributed by atoms with Gasteiger partial charge in [-0.25, -0.2) is 0 Å². The van der Waals surface area contributed by atoms with E-state index in [9.17, 15) is 0 Å². The van der Waals surface area contributed by atoms with Crippen LogP contribution in [-0.4, -0.2) is 35.9 Å². The maximum atomic E-state index is 5.59. The predicted octanol–water partition coefficient (Wildman–Crippen LogP) is 0.527. The van der Waals surface area contributed by atoms with Gasteiger partial charge in [-0.05, 0) is 14.1 Å². The van der Waals surface area contributed by atoms with Crippen LogP contribution in [0.3, 0.4) is 0 Å². The quantitative estimate of drug-likeness (QED) is 0.428. The second-order valence-electron chi connectivity index (χ2n) is 1.55. The van der Waals surface area contributed by atoms with E-state index in [1.807, 2.05) is 19.0 Å². The maximum absolute atomic E-state index is 5.59. The fraction of sp³-hybridized carbons (Fsp3) is 1.00. The van der Waals surface area contributed by atoms with Crippen LogP contribution >= 0.6 is 23.2 Å². The SMILES string of the molecule is CN(C)C(Cl)CCl.O. The molecule has 0 saturated carbocycles. The average molecular weight is 160 g/mol. The molecule has 0 aliphatic carbocycles. The Hall–Kier alpha value is 0.500. The Morgan fingerprint density at radius 2 is 1.88 bits per heavy atom. The largest absolute Gasteiger partial charge is 0.412 e. The molecule has 0 aromatic heterocycles. The second-order valence-corrected chi connectivity index (χ2v) is 2.36. The fourth-order valence-corrected chi connectivity index (χ4v) is 0.414. The molecule has 0 spiro atoms. The van der Waals surface area contributed by atoms with Crippen molar-refractivity contribution in [2.24, 2.45) is 0 Å². The number of nitrogens with zero attached hydrogens (tertiary/aromatic N) is 1. The summed E-state index contributed by atoms with van der Waals surface area (Å²) in [6, 6.07) is 0. The summed E-state index contributed by atoms with van der Waals surface area (Å²) in [6.45, 7) is 0. The van der Waals surface area contributed by atoms with E-state index in [4.69, 9.17) is 23.2 Å². The summed E-state index contributed by atoms with van der Waals surface area (Å²) >= 11 is 11.0. The van der Waals surface area contributed by atoms with Crippen LogP contribution in [0.5, 0.6) is 0 Å². The topological polar surface area (TPSA) is 34.7 Å². The van der Waals surface area contributed by atoms with Crippen molar-refractivity contribution in [3.8, 4) is 0 Å². The maximum Gasteiger partial charge on any atom is 0.0982 e. The van der Waals surface area contributed by atoms with E-state index in [0.29, 0.717) is 5.88 Å². The van der Waals surface area contributed by atoms with Gasteiger partial charge in [0.2, 0.25) is 0 Å². The molecular weight excluding hydrogens is 149 g/mol. The molecule has 0 fully saturated rings. The number of hydrogen-bond donors (Lipinski definition) is 0. The third-order valence-corrected chi connectivity index (χ3v) is 1.68. The Morgan fingerprint density at radius 1 is 1.50 bits per heavy atom. The zero-order valence-electron chi connectivity index (χ0n) is 4.99. The summed E-state index contributed by atoms with van der Waals surface area (Å²) < 4.78 is 0. The van der Waals surface area contributed by atoms with E-state index in [2.05, 4.69) is 0 Å². The first-order valence-electron chi connectivity index (χ1n) is 2.05. The number of alkyl halides is 2. The van der Waals surface area contributed by atoms with Crippen LogP contribution in [0.2, 0.25) is 0 Å². The molecule has 0 heterocycles. The van der Waals surface area contributed by atoms with E-state index in [0.717, 1.165) is 0 Å². The van der Waals surface area contributed by atoms with Crippen LogP contribution in [-0.2, 0) is 0 Å². The zero-order valence-corrected chi connectivity index (χ0v) is 6.50. The van der Waals surface area contributed by atoms with Crippen LogP contribution in [0.1, 0.15) is 0 Å². The van der Waals surface area contributed by atoms with Crippen LogP contribution in [0.4, 0.5) is 0 Å². The molecular formula is C4H11Cl2NO. The highest BCUT2D eigenvalue weighted by Crippen LogP contribution is 1.99. The first-order chi connectivity index (χ1) is 3.18. The molecule has 2 nitrogen and oxygen atoms in total. The summed E-state index contributed by atoms with van der Waals surface area (Å²) in [5.41, 5.74) is -0.0262. The van der Waals surface area contributed by atoms with Gasteiger partial charge in [0.25, 0.3) is 0 Å². The number of rotatable bonds is 2. The van der Waals surface area contributed by atoms with Gasteiger partial charge < -0.3 is 5.48 Å². The zero-order chi connectivity index (χ0) is 5.86. The molecule has 0 aromatic rings. The van der Waals surface area contributed by atoms with Crippen molar-refractivity contribution in [3.63, 3.8) is 0 Å². The molecule has 2 N–H and O–H groups in total. The van der Waals surface area contributed by atoms with Crippen molar-refractivity contribution in [1.82, 2.24) is 4.90 Å². The molecule has 52 valence electrons. The molecule has 8 heavy (non-hydrogen) atoms. The Labute approximate surface area is 59.7 Å². The minimum atomic E-state index is -0.0262. The molecule has 0 rings (SSSR count). The molecule has 0 aromatic carbocycles. The molecule has 0 bridgehead atoms. The standard InChI is InChI=1S/C4H9Cl2N.H2O/c1-7(2)4(6)3-5;/h4H,3H2,1-2H3;1H2. The van der Waals surface area contributed by atoms with Gasteiger partial charge in [-0.15, -0.1) is 23.2 Å². The van der Waals surface area contributed by atoms with Crippen molar-refractivity contribution in [2.75, 3.05) is 20.0 Å². The third-order valence-electron chi connectivity index (χ3n) is 0.688. The van der Waals surface area contributed by atoms with E-state index < -0.39 is 0 Å². The van der Waals surface area contributed by atoms with Crippen LogP contribution in [0, 0.1) is 0 Å². The van der Waals surface area contributed by atoms with Gasteiger partial charge in [0, 0.05) is 0 Å². The average Bonchev–Trinajstić information content (AvgIpc) is 1.65. The lowest BCUT2D eigenvalue weighted by Gasteiger charge is -2.12. The summed E-state index contributed by atoms with van der Waals surface area (Å²) in [4.78, 5) is 1.86. The lowest BCUT2D eigenvalue weighted by molar-refractivity contribution is 0.399. The number of hydrogen-bond acceptors (Lipinski definition) is 1. The first-order valence-corrected chi connectivity index (χ1v) is 3.02. The van der Waals surface area contributed by atoms with Gasteiger partial charge in [-0.1, -0.05) is 0 Å². The Morgan fingerprint density at radius 3 is 1.88 bits per heavy atom. The lowest BCUT2D eigenvalue weighted by Crippen LogP contribution is -2.23. The highest BCUT2D eigenvalue weighted by atomic mass is 35.5. The van der Waals surface area contributed by atoms with Crippen molar-refractivity contribution < 1.29 is 5.48 Å². The lowest BCUT2D eigenvalue weighted by atomic mass is 10.7. The van der Waals surface area contributed by atoms with E-state index in [1.54, 1.807) is 0 Å². The fourth-order valence-electron chi connectivity index (χ4n) is 0.138. The van der Waals surface area contributed by atoms with Crippen molar-refractivity contribution >= 4 is 23.2 Å². The summed E-state index contributed by atoms with van der Waals surface area (Å²) in [5.74, 6) is 0.481. The van der Waals surface area contributed by atoms with E-state index >= 15 is 0 Å². The number of halogens is 2. The molecule has 0 saturated heterocycles. The van der Waals surface area contributed by atoms with Crippen LogP contribution in [0.25, 0.3) is 0 Å². The monoisotopic (exact) mass is 159 g/mol. The Balaban J connectivity index is 0. The van der Waals surface area contributed by atoms with Gasteiger partial charge in [-0.2, -0.15) is 0 Å². The van der Waals surface area contributed by atoms with Crippen molar-refractivity contribution in [1.29, 1.82) is 0 Å². The molecule has 4 heteroatoms. The van der Waals surface area contributed by atoms with Crippen LogP contribution < -0.4 is 0 Å². The van der Waals surface area contributed by atoms with E-state index in [1.165, 1.54) is 0 Å². The first kappa shape index (κ1) is 11.3. The molecule has 1 atom stereocenters. The molecule has 1 unspecified atom stereocenters. The van der Waals surface area contributed by atoms with Crippen LogP contribution in [0.15, 0.2) is 0 Å². The Kier molecular flexibility index (Phi) is 7.97. The van der Waals surface area contributed by atoms with Gasteiger partial charge >= 0.3 is 0 Å². The van der Waals surface area contributed by atoms with E-state index in [-0.39, 0.29) is 11.0 Å². The molecule has 0 aliphatic rings. The molecule has 0 radical (unpaired) electrons. The summed E-state index contributed by atoms with van der Waals surface area (Å²) in [5, 5.41) is 0. The third kappa shape index (κ3) is 4.65. The highest BCUT2D eigenvalue weighted by Gasteiger charge is 2.01. The highest BCUT2D eigenvalue weighted by molar-refractivity contribution is 6.27. The summed E-state index contributed by atoms with van der Waals surface area (Å²) in [6.07, 6.45) is 0. The molecule has 0 amide bonds. The van der Waals surface area contributed by atoms with Gasteiger partial charge in [-0.3, -0.25) is 4.90 Å². The van der Waals surface area contributed by atoms with Crippen molar-refractivity contribution in [3.05, 3.63) is 0 Å². The second kappa shape index (κ2) is 5.63.